The molecule has 0 spiro atoms. The standard InChI is InChI=1S/C26H26Cl2N4OS2/c1-14(23(33)32-25-31-22(13-34-25)15-5-7-19(27)20(28)11-15)35-24-17(12-29)9-16-10-18(26(2,3)4)6-8-21(16)30-24/h5,7,9,11,13-14,18H,6,8,10H2,1-4H3,(H,31,32,33). The highest BCUT2D eigenvalue weighted by Crippen LogP contribution is 2.38. The number of aryl methyl sites for hydroxylation is 1. The number of amides is 1. The number of halogens is 2. The minimum absolute atomic E-state index is 0.193. The van der Waals surface area contributed by atoms with Crippen molar-refractivity contribution in [2.75, 3.05) is 5.32 Å². The van der Waals surface area contributed by atoms with Crippen LogP contribution in [-0.2, 0) is 17.6 Å². The van der Waals surface area contributed by atoms with Crippen molar-refractivity contribution in [2.45, 2.75) is 57.2 Å². The number of rotatable bonds is 5. The Morgan fingerprint density at radius 2 is 2.03 bits per heavy atom. The van der Waals surface area contributed by atoms with E-state index in [0.29, 0.717) is 37.4 Å². The van der Waals surface area contributed by atoms with Crippen molar-refractivity contribution < 1.29 is 4.79 Å². The lowest BCUT2D eigenvalue weighted by Gasteiger charge is -2.34. The smallest absolute Gasteiger partial charge is 0.239 e. The second-order valence-electron chi connectivity index (χ2n) is 9.78. The van der Waals surface area contributed by atoms with E-state index in [2.05, 4.69) is 37.1 Å². The van der Waals surface area contributed by atoms with Crippen molar-refractivity contribution in [1.29, 1.82) is 5.26 Å². The van der Waals surface area contributed by atoms with Gasteiger partial charge >= 0.3 is 0 Å². The van der Waals surface area contributed by atoms with E-state index >= 15 is 0 Å². The number of benzene rings is 1. The minimum atomic E-state index is -0.448. The molecule has 2 atom stereocenters. The van der Waals surface area contributed by atoms with E-state index < -0.39 is 5.25 Å². The van der Waals surface area contributed by atoms with Gasteiger partial charge in [-0.05, 0) is 61.3 Å². The van der Waals surface area contributed by atoms with Crippen LogP contribution < -0.4 is 5.32 Å². The normalized spacial score (nSPS) is 16.3. The lowest BCUT2D eigenvalue weighted by atomic mass is 9.71. The van der Waals surface area contributed by atoms with Gasteiger partial charge < -0.3 is 5.32 Å². The van der Waals surface area contributed by atoms with Gasteiger partial charge in [0.1, 0.15) is 11.1 Å². The summed E-state index contributed by atoms with van der Waals surface area (Å²) in [6.45, 7) is 8.61. The Hall–Kier alpha value is -2.11. The van der Waals surface area contributed by atoms with Crippen molar-refractivity contribution in [3.8, 4) is 17.3 Å². The van der Waals surface area contributed by atoms with Gasteiger partial charge in [-0.25, -0.2) is 9.97 Å². The first kappa shape index (κ1) is 26.0. The number of anilines is 1. The van der Waals surface area contributed by atoms with Crippen LogP contribution in [0.1, 0.15) is 50.9 Å². The summed E-state index contributed by atoms with van der Waals surface area (Å²) < 4.78 is 0. The number of carbonyl (C=O) groups is 1. The van der Waals surface area contributed by atoms with Crippen LogP contribution in [0.5, 0.6) is 0 Å². The predicted octanol–water partition coefficient (Wildman–Crippen LogP) is 7.65. The van der Waals surface area contributed by atoms with Crippen LogP contribution in [0.15, 0.2) is 34.7 Å². The minimum Gasteiger partial charge on any atom is -0.301 e. The molecular weight excluding hydrogens is 519 g/mol. The van der Waals surface area contributed by atoms with Gasteiger partial charge in [0.2, 0.25) is 5.91 Å². The van der Waals surface area contributed by atoms with Crippen molar-refractivity contribution in [2.24, 2.45) is 11.3 Å². The number of fused-ring (bicyclic) bond motifs is 1. The van der Waals surface area contributed by atoms with E-state index in [9.17, 15) is 10.1 Å². The molecule has 0 aliphatic heterocycles. The molecule has 1 aromatic carbocycles. The van der Waals surface area contributed by atoms with Gasteiger partial charge in [-0.15, -0.1) is 11.3 Å². The number of carbonyl (C=O) groups excluding carboxylic acids is 1. The molecule has 1 N–H and O–H groups in total. The fourth-order valence-electron chi connectivity index (χ4n) is 4.10. The average Bonchev–Trinajstić information content (AvgIpc) is 3.27. The third-order valence-electron chi connectivity index (χ3n) is 6.30. The highest BCUT2D eigenvalue weighted by Gasteiger charge is 2.30. The number of hydrogen-bond acceptors (Lipinski definition) is 6. The van der Waals surface area contributed by atoms with Crippen LogP contribution in [-0.4, -0.2) is 21.1 Å². The van der Waals surface area contributed by atoms with Gasteiger partial charge in [0.15, 0.2) is 5.13 Å². The first-order valence-corrected chi connectivity index (χ1v) is 13.9. The van der Waals surface area contributed by atoms with Crippen molar-refractivity contribution >= 4 is 57.3 Å². The summed E-state index contributed by atoms with van der Waals surface area (Å²) in [5.41, 5.74) is 4.49. The van der Waals surface area contributed by atoms with Crippen molar-refractivity contribution in [1.82, 2.24) is 9.97 Å². The molecule has 4 rings (SSSR count). The molecule has 2 heterocycles. The van der Waals surface area contributed by atoms with E-state index in [1.807, 2.05) is 24.4 Å². The van der Waals surface area contributed by atoms with Crippen molar-refractivity contribution in [3.05, 3.63) is 56.5 Å². The largest absolute Gasteiger partial charge is 0.301 e. The summed E-state index contributed by atoms with van der Waals surface area (Å²) in [6.07, 6.45) is 2.92. The van der Waals surface area contributed by atoms with Gasteiger partial charge in [0.25, 0.3) is 0 Å². The van der Waals surface area contributed by atoms with Gasteiger partial charge in [-0.1, -0.05) is 61.8 Å². The maximum absolute atomic E-state index is 12.9. The average molecular weight is 546 g/mol. The third kappa shape index (κ3) is 6.00. The zero-order chi connectivity index (χ0) is 25.3. The zero-order valence-corrected chi connectivity index (χ0v) is 23.1. The van der Waals surface area contributed by atoms with E-state index in [-0.39, 0.29) is 11.3 Å². The summed E-state index contributed by atoms with van der Waals surface area (Å²) >= 11 is 14.8. The van der Waals surface area contributed by atoms with Gasteiger partial charge in [-0.3, -0.25) is 4.79 Å². The van der Waals surface area contributed by atoms with Crippen LogP contribution in [0.4, 0.5) is 5.13 Å². The summed E-state index contributed by atoms with van der Waals surface area (Å²) in [4.78, 5) is 22.2. The maximum Gasteiger partial charge on any atom is 0.239 e. The number of hydrogen-bond donors (Lipinski definition) is 1. The number of pyridine rings is 1. The number of thioether (sulfide) groups is 1. The summed E-state index contributed by atoms with van der Waals surface area (Å²) in [5, 5.41) is 16.1. The summed E-state index contributed by atoms with van der Waals surface area (Å²) in [6, 6.07) is 9.55. The quantitative estimate of drug-likeness (QED) is 0.333. The molecule has 1 aliphatic rings. The molecular formula is C26H26Cl2N4OS2. The molecule has 1 amide bonds. The second kappa shape index (κ2) is 10.5. The Morgan fingerprint density at radius 1 is 1.26 bits per heavy atom. The number of nitriles is 1. The Balaban J connectivity index is 1.45. The van der Waals surface area contributed by atoms with E-state index in [4.69, 9.17) is 28.2 Å². The molecule has 1 aliphatic carbocycles. The predicted molar refractivity (Wildman–Crippen MR) is 145 cm³/mol. The van der Waals surface area contributed by atoms with E-state index in [1.165, 1.54) is 23.1 Å². The Bertz CT molecular complexity index is 1310. The molecule has 35 heavy (non-hydrogen) atoms. The second-order valence-corrected chi connectivity index (χ2v) is 12.8. The number of nitrogens with one attached hydrogen (secondary N) is 1. The topological polar surface area (TPSA) is 78.7 Å². The highest BCUT2D eigenvalue weighted by molar-refractivity contribution is 8.00. The van der Waals surface area contributed by atoms with Gasteiger partial charge in [0.05, 0.1) is 26.6 Å². The number of aromatic nitrogens is 2. The number of thiazole rings is 1. The molecule has 5 nitrogen and oxygen atoms in total. The zero-order valence-electron chi connectivity index (χ0n) is 20.0. The summed E-state index contributed by atoms with van der Waals surface area (Å²) in [7, 11) is 0. The third-order valence-corrected chi connectivity index (χ3v) is 8.90. The van der Waals surface area contributed by atoms with Gasteiger partial charge in [0, 0.05) is 16.6 Å². The molecule has 2 aromatic heterocycles. The first-order chi connectivity index (χ1) is 16.5. The lowest BCUT2D eigenvalue weighted by Crippen LogP contribution is -2.27. The molecule has 0 saturated carbocycles. The van der Waals surface area contributed by atoms with E-state index in [0.717, 1.165) is 36.1 Å². The molecule has 182 valence electrons. The summed E-state index contributed by atoms with van der Waals surface area (Å²) in [5.74, 6) is 0.375. The lowest BCUT2D eigenvalue weighted by molar-refractivity contribution is -0.115. The Labute approximate surface area is 224 Å². The molecule has 0 fully saturated rings. The van der Waals surface area contributed by atoms with E-state index in [1.54, 1.807) is 12.1 Å². The SMILES string of the molecule is CC(Sc1nc2c(cc1C#N)CC(C(C)(C)C)CC2)C(=O)Nc1nc(-c2ccc(Cl)c(Cl)c2)cs1. The Kier molecular flexibility index (Phi) is 7.77. The fourth-order valence-corrected chi connectivity index (χ4v) is 6.02. The van der Waals surface area contributed by atoms with Crippen molar-refractivity contribution in [3.63, 3.8) is 0 Å². The maximum atomic E-state index is 12.9. The monoisotopic (exact) mass is 544 g/mol. The molecule has 9 heteroatoms. The molecule has 0 saturated heterocycles. The molecule has 0 radical (unpaired) electrons. The molecule has 3 aromatic rings. The van der Waals surface area contributed by atoms with Gasteiger partial charge in [-0.2, -0.15) is 5.26 Å². The fraction of sp³-hybridized carbons (Fsp3) is 0.385. The Morgan fingerprint density at radius 3 is 2.71 bits per heavy atom. The van der Waals surface area contributed by atoms with Crippen LogP contribution in [0.3, 0.4) is 0 Å². The van der Waals surface area contributed by atoms with Crippen LogP contribution in [0.2, 0.25) is 10.0 Å². The molecule has 0 bridgehead atoms. The first-order valence-electron chi connectivity index (χ1n) is 11.4. The highest BCUT2D eigenvalue weighted by atomic mass is 35.5. The van der Waals surface area contributed by atoms with Crippen LogP contribution >= 0.6 is 46.3 Å². The number of nitrogens with zero attached hydrogens (tertiary/aromatic N) is 3. The van der Waals surface area contributed by atoms with Crippen LogP contribution in [0.25, 0.3) is 11.3 Å². The van der Waals surface area contributed by atoms with Crippen LogP contribution in [0, 0.1) is 22.7 Å². The molecule has 2 unspecified atom stereocenters.